The van der Waals surface area contributed by atoms with Gasteiger partial charge in [-0.05, 0) is 38.3 Å². The average molecular weight is 350 g/mol. The van der Waals surface area contributed by atoms with Crippen LogP contribution >= 0.6 is 0 Å². The second kappa shape index (κ2) is 9.27. The van der Waals surface area contributed by atoms with E-state index in [1.165, 1.54) is 27.4 Å². The Hall–Kier alpha value is -2.28. The SMILES string of the molecule is COC(=O)c1cc(OC)c(OC)cc1NC(=O)CCC1CCNCC1. The highest BCUT2D eigenvalue weighted by atomic mass is 16.5. The van der Waals surface area contributed by atoms with Crippen molar-refractivity contribution < 1.29 is 23.8 Å². The molecule has 25 heavy (non-hydrogen) atoms. The monoisotopic (exact) mass is 350 g/mol. The summed E-state index contributed by atoms with van der Waals surface area (Å²) in [6, 6.07) is 3.08. The first-order valence-corrected chi connectivity index (χ1v) is 8.44. The van der Waals surface area contributed by atoms with Crippen molar-refractivity contribution in [2.75, 3.05) is 39.7 Å². The smallest absolute Gasteiger partial charge is 0.340 e. The molecule has 0 spiro atoms. The van der Waals surface area contributed by atoms with Crippen molar-refractivity contribution in [2.45, 2.75) is 25.7 Å². The maximum absolute atomic E-state index is 12.3. The van der Waals surface area contributed by atoms with Gasteiger partial charge in [0, 0.05) is 18.6 Å². The van der Waals surface area contributed by atoms with Crippen LogP contribution in [0.25, 0.3) is 0 Å². The molecule has 0 unspecified atom stereocenters. The van der Waals surface area contributed by atoms with Crippen LogP contribution in [0.15, 0.2) is 12.1 Å². The molecule has 0 atom stereocenters. The number of esters is 1. The van der Waals surface area contributed by atoms with Crippen LogP contribution in [0.4, 0.5) is 5.69 Å². The molecule has 0 aliphatic carbocycles. The molecule has 1 saturated heterocycles. The number of ether oxygens (including phenoxy) is 3. The van der Waals surface area contributed by atoms with Gasteiger partial charge in [0.15, 0.2) is 11.5 Å². The van der Waals surface area contributed by atoms with E-state index in [1.807, 2.05) is 0 Å². The van der Waals surface area contributed by atoms with Crippen molar-refractivity contribution in [3.8, 4) is 11.5 Å². The van der Waals surface area contributed by atoms with Crippen molar-refractivity contribution in [3.63, 3.8) is 0 Å². The quantitative estimate of drug-likeness (QED) is 0.733. The number of carbonyl (C=O) groups excluding carboxylic acids is 2. The summed E-state index contributed by atoms with van der Waals surface area (Å²) in [5.41, 5.74) is 0.593. The lowest BCUT2D eigenvalue weighted by Gasteiger charge is -2.22. The van der Waals surface area contributed by atoms with E-state index in [-0.39, 0.29) is 11.5 Å². The molecule has 0 radical (unpaired) electrons. The minimum atomic E-state index is -0.547. The van der Waals surface area contributed by atoms with Gasteiger partial charge in [0.05, 0.1) is 32.6 Å². The summed E-state index contributed by atoms with van der Waals surface area (Å²) in [6.45, 7) is 2.02. The lowest BCUT2D eigenvalue weighted by Crippen LogP contribution is -2.28. The Balaban J connectivity index is 2.10. The van der Waals surface area contributed by atoms with Crippen LogP contribution in [0, 0.1) is 5.92 Å². The molecule has 1 heterocycles. The Bertz CT molecular complexity index is 612. The zero-order valence-electron chi connectivity index (χ0n) is 15.0. The summed E-state index contributed by atoms with van der Waals surface area (Å²) < 4.78 is 15.2. The Morgan fingerprint density at radius 2 is 1.76 bits per heavy atom. The van der Waals surface area contributed by atoms with E-state index in [1.54, 1.807) is 6.07 Å². The van der Waals surface area contributed by atoms with Gasteiger partial charge in [-0.3, -0.25) is 4.79 Å². The van der Waals surface area contributed by atoms with Crippen LogP contribution in [0.5, 0.6) is 11.5 Å². The van der Waals surface area contributed by atoms with E-state index < -0.39 is 5.97 Å². The maximum Gasteiger partial charge on any atom is 0.340 e. The fourth-order valence-corrected chi connectivity index (χ4v) is 2.98. The Morgan fingerprint density at radius 3 is 2.36 bits per heavy atom. The lowest BCUT2D eigenvalue weighted by molar-refractivity contribution is -0.116. The third kappa shape index (κ3) is 5.09. The number of anilines is 1. The molecule has 1 aromatic rings. The normalized spacial score (nSPS) is 14.7. The van der Waals surface area contributed by atoms with Crippen LogP contribution in [0.1, 0.15) is 36.0 Å². The number of rotatable bonds is 7. The molecule has 0 saturated carbocycles. The number of piperidine rings is 1. The predicted octanol–water partition coefficient (Wildman–Crippen LogP) is 2.21. The van der Waals surface area contributed by atoms with Gasteiger partial charge in [0.1, 0.15) is 0 Å². The van der Waals surface area contributed by atoms with Gasteiger partial charge in [-0.15, -0.1) is 0 Å². The van der Waals surface area contributed by atoms with Crippen molar-refractivity contribution in [3.05, 3.63) is 17.7 Å². The highest BCUT2D eigenvalue weighted by Gasteiger charge is 2.20. The number of amides is 1. The van der Waals surface area contributed by atoms with E-state index in [0.29, 0.717) is 29.5 Å². The first kappa shape index (κ1) is 19.1. The van der Waals surface area contributed by atoms with Gasteiger partial charge in [0.2, 0.25) is 5.91 Å². The second-order valence-electron chi connectivity index (χ2n) is 6.02. The zero-order valence-corrected chi connectivity index (χ0v) is 15.0. The number of benzene rings is 1. The van der Waals surface area contributed by atoms with Gasteiger partial charge in [-0.2, -0.15) is 0 Å². The molecule has 2 N–H and O–H groups in total. The van der Waals surface area contributed by atoms with E-state index >= 15 is 0 Å². The summed E-state index contributed by atoms with van der Waals surface area (Å²) in [5.74, 6) is 0.724. The predicted molar refractivity (Wildman–Crippen MR) is 94.3 cm³/mol. The Kier molecular flexibility index (Phi) is 7.06. The first-order chi connectivity index (χ1) is 12.1. The van der Waals surface area contributed by atoms with Gasteiger partial charge >= 0.3 is 5.97 Å². The van der Waals surface area contributed by atoms with Crippen molar-refractivity contribution in [1.29, 1.82) is 0 Å². The van der Waals surface area contributed by atoms with E-state index in [4.69, 9.17) is 14.2 Å². The summed E-state index contributed by atoms with van der Waals surface area (Å²) >= 11 is 0. The number of carbonyl (C=O) groups is 2. The lowest BCUT2D eigenvalue weighted by atomic mass is 9.93. The van der Waals surface area contributed by atoms with Gasteiger partial charge < -0.3 is 24.8 Å². The van der Waals surface area contributed by atoms with Gasteiger partial charge in [0.25, 0.3) is 0 Å². The molecule has 138 valence electrons. The topological polar surface area (TPSA) is 85.9 Å². The van der Waals surface area contributed by atoms with E-state index in [0.717, 1.165) is 32.4 Å². The maximum atomic E-state index is 12.3. The minimum Gasteiger partial charge on any atom is -0.493 e. The molecule has 1 fully saturated rings. The van der Waals surface area contributed by atoms with E-state index in [9.17, 15) is 9.59 Å². The third-order valence-corrected chi connectivity index (χ3v) is 4.44. The van der Waals surface area contributed by atoms with E-state index in [2.05, 4.69) is 10.6 Å². The first-order valence-electron chi connectivity index (χ1n) is 8.44. The van der Waals surface area contributed by atoms with Crippen LogP contribution < -0.4 is 20.1 Å². The molecule has 0 aromatic heterocycles. The van der Waals surface area contributed by atoms with Crippen LogP contribution in [-0.4, -0.2) is 46.3 Å². The third-order valence-electron chi connectivity index (χ3n) is 4.44. The van der Waals surface area contributed by atoms with Gasteiger partial charge in [-0.1, -0.05) is 0 Å². The number of hydrogen-bond acceptors (Lipinski definition) is 6. The number of nitrogens with one attached hydrogen (secondary N) is 2. The summed E-state index contributed by atoms with van der Waals surface area (Å²) in [6.07, 6.45) is 3.45. The van der Waals surface area contributed by atoms with Crippen molar-refractivity contribution >= 4 is 17.6 Å². The molecule has 7 nitrogen and oxygen atoms in total. The molecule has 0 bridgehead atoms. The van der Waals surface area contributed by atoms with Crippen LogP contribution in [-0.2, 0) is 9.53 Å². The minimum absolute atomic E-state index is 0.129. The molecule has 1 aliphatic rings. The fraction of sp³-hybridized carbons (Fsp3) is 0.556. The molecule has 7 heteroatoms. The van der Waals surface area contributed by atoms with Crippen molar-refractivity contribution in [2.24, 2.45) is 5.92 Å². The van der Waals surface area contributed by atoms with Crippen LogP contribution in [0.3, 0.4) is 0 Å². The summed E-state index contributed by atoms with van der Waals surface area (Å²) in [4.78, 5) is 24.3. The largest absolute Gasteiger partial charge is 0.493 e. The molecule has 2 rings (SSSR count). The Labute approximate surface area is 148 Å². The molecule has 1 aliphatic heterocycles. The molecule has 1 amide bonds. The summed E-state index contributed by atoms with van der Waals surface area (Å²) in [7, 11) is 4.27. The fourth-order valence-electron chi connectivity index (χ4n) is 2.98. The van der Waals surface area contributed by atoms with Gasteiger partial charge in [-0.25, -0.2) is 4.79 Å². The van der Waals surface area contributed by atoms with Crippen LogP contribution in [0.2, 0.25) is 0 Å². The Morgan fingerprint density at radius 1 is 1.12 bits per heavy atom. The second-order valence-corrected chi connectivity index (χ2v) is 6.02. The van der Waals surface area contributed by atoms with Crippen molar-refractivity contribution in [1.82, 2.24) is 5.32 Å². The number of hydrogen-bond donors (Lipinski definition) is 2. The highest BCUT2D eigenvalue weighted by molar-refractivity contribution is 6.02. The highest BCUT2D eigenvalue weighted by Crippen LogP contribution is 2.34. The standard InChI is InChI=1S/C18H26N2O5/c1-23-15-10-13(18(22)25-3)14(11-16(15)24-2)20-17(21)5-4-12-6-8-19-9-7-12/h10-12,19H,4-9H2,1-3H3,(H,20,21). The number of methoxy groups -OCH3 is 3. The average Bonchev–Trinajstić information content (AvgIpc) is 2.66. The molecule has 1 aromatic carbocycles. The molecular weight excluding hydrogens is 324 g/mol. The molecular formula is C18H26N2O5. The summed E-state index contributed by atoms with van der Waals surface area (Å²) in [5, 5.41) is 6.11. The zero-order chi connectivity index (χ0) is 18.2.